The van der Waals surface area contributed by atoms with Crippen molar-refractivity contribution in [2.75, 3.05) is 17.3 Å². The van der Waals surface area contributed by atoms with Crippen LogP contribution in [-0.2, 0) is 6.54 Å². The van der Waals surface area contributed by atoms with Crippen LogP contribution in [0.1, 0.15) is 0 Å². The van der Waals surface area contributed by atoms with Crippen molar-refractivity contribution in [1.82, 2.24) is 25.0 Å². The molecule has 0 aliphatic rings. The third kappa shape index (κ3) is 2.64. The van der Waals surface area contributed by atoms with Crippen LogP contribution in [0.5, 0.6) is 0 Å². The predicted molar refractivity (Wildman–Crippen MR) is 58.4 cm³/mol. The number of nitrogens with zero attached hydrogens (tertiary/aromatic N) is 5. The van der Waals surface area contributed by atoms with Gasteiger partial charge in [-0.2, -0.15) is 0 Å². The first kappa shape index (κ1) is 10.3. The third-order valence-electron chi connectivity index (χ3n) is 1.90. The van der Waals surface area contributed by atoms with Gasteiger partial charge in [-0.25, -0.2) is 10.8 Å². The fraction of sp³-hybridized carbons (Fsp3) is 0.250. The van der Waals surface area contributed by atoms with E-state index in [9.17, 15) is 0 Å². The minimum Gasteiger partial charge on any atom is -0.367 e. The standard InChI is InChI=1S/C8H12N8/c9-14-8-6-10-5-7(13-8)11-1-3-16-4-2-12-15-16/h2,4-6H,1,3,9H2,(H2,11,13,14). The smallest absolute Gasteiger partial charge is 0.160 e. The van der Waals surface area contributed by atoms with Gasteiger partial charge in [-0.1, -0.05) is 5.21 Å². The SMILES string of the molecule is NNc1cncc(NCCn2ccnn2)n1. The maximum absolute atomic E-state index is 5.22. The van der Waals surface area contributed by atoms with Crippen molar-refractivity contribution in [3.63, 3.8) is 0 Å². The molecule has 0 fully saturated rings. The maximum Gasteiger partial charge on any atom is 0.160 e. The van der Waals surface area contributed by atoms with E-state index in [1.165, 1.54) is 0 Å². The summed E-state index contributed by atoms with van der Waals surface area (Å²) >= 11 is 0. The first-order chi connectivity index (χ1) is 7.88. The highest BCUT2D eigenvalue weighted by Crippen LogP contribution is 2.04. The quantitative estimate of drug-likeness (QED) is 0.459. The summed E-state index contributed by atoms with van der Waals surface area (Å²) in [6.07, 6.45) is 6.61. The lowest BCUT2D eigenvalue weighted by Gasteiger charge is -2.06. The predicted octanol–water partition coefficient (Wildman–Crippen LogP) is -0.534. The highest BCUT2D eigenvalue weighted by Gasteiger charge is 1.96. The number of hydrogen-bond acceptors (Lipinski definition) is 7. The molecule has 0 unspecified atom stereocenters. The third-order valence-corrected chi connectivity index (χ3v) is 1.90. The van der Waals surface area contributed by atoms with Gasteiger partial charge in [0.1, 0.15) is 5.82 Å². The number of aromatic nitrogens is 5. The van der Waals surface area contributed by atoms with E-state index in [2.05, 4.69) is 31.0 Å². The van der Waals surface area contributed by atoms with E-state index in [4.69, 9.17) is 5.84 Å². The molecule has 2 aromatic heterocycles. The van der Waals surface area contributed by atoms with E-state index in [0.717, 1.165) is 0 Å². The summed E-state index contributed by atoms with van der Waals surface area (Å²) in [5.74, 6) is 6.40. The van der Waals surface area contributed by atoms with Crippen molar-refractivity contribution in [1.29, 1.82) is 0 Å². The summed E-state index contributed by atoms with van der Waals surface area (Å²) in [6, 6.07) is 0. The van der Waals surface area contributed by atoms with Crippen LogP contribution in [0.3, 0.4) is 0 Å². The van der Waals surface area contributed by atoms with Gasteiger partial charge in [0.15, 0.2) is 5.82 Å². The Labute approximate surface area is 91.9 Å². The summed E-state index contributed by atoms with van der Waals surface area (Å²) in [5.41, 5.74) is 2.43. The summed E-state index contributed by atoms with van der Waals surface area (Å²) < 4.78 is 1.73. The molecule has 0 spiro atoms. The van der Waals surface area contributed by atoms with Crippen molar-refractivity contribution in [3.05, 3.63) is 24.8 Å². The van der Waals surface area contributed by atoms with E-state index < -0.39 is 0 Å². The molecular formula is C8H12N8. The Balaban J connectivity index is 1.85. The molecule has 16 heavy (non-hydrogen) atoms. The van der Waals surface area contributed by atoms with Gasteiger partial charge in [0.2, 0.25) is 0 Å². The molecule has 84 valence electrons. The molecule has 8 nitrogen and oxygen atoms in total. The van der Waals surface area contributed by atoms with Crippen molar-refractivity contribution in [2.24, 2.45) is 5.84 Å². The Bertz CT molecular complexity index is 425. The van der Waals surface area contributed by atoms with Crippen LogP contribution in [0.25, 0.3) is 0 Å². The number of hydrazine groups is 1. The molecule has 0 saturated heterocycles. The van der Waals surface area contributed by atoms with Gasteiger partial charge < -0.3 is 10.7 Å². The van der Waals surface area contributed by atoms with Crippen LogP contribution >= 0.6 is 0 Å². The second-order valence-electron chi connectivity index (χ2n) is 3.03. The van der Waals surface area contributed by atoms with Crippen LogP contribution in [0.2, 0.25) is 0 Å². The van der Waals surface area contributed by atoms with Crippen molar-refractivity contribution < 1.29 is 0 Å². The zero-order valence-corrected chi connectivity index (χ0v) is 8.54. The van der Waals surface area contributed by atoms with Crippen molar-refractivity contribution in [2.45, 2.75) is 6.54 Å². The lowest BCUT2D eigenvalue weighted by molar-refractivity contribution is 0.608. The monoisotopic (exact) mass is 220 g/mol. The van der Waals surface area contributed by atoms with Crippen LogP contribution in [0, 0.1) is 0 Å². The normalized spacial score (nSPS) is 10.1. The Hall–Kier alpha value is -2.22. The molecule has 4 N–H and O–H groups in total. The molecule has 8 heteroatoms. The van der Waals surface area contributed by atoms with Crippen LogP contribution < -0.4 is 16.6 Å². The average molecular weight is 220 g/mol. The van der Waals surface area contributed by atoms with Crippen molar-refractivity contribution in [3.8, 4) is 0 Å². The summed E-state index contributed by atoms with van der Waals surface area (Å²) in [4.78, 5) is 8.12. The molecule has 2 heterocycles. The largest absolute Gasteiger partial charge is 0.367 e. The number of nitrogens with two attached hydrogens (primary N) is 1. The minimum atomic E-state index is 0.519. The second kappa shape index (κ2) is 5.03. The Morgan fingerprint density at radius 2 is 2.19 bits per heavy atom. The second-order valence-corrected chi connectivity index (χ2v) is 3.03. The summed E-state index contributed by atoms with van der Waals surface area (Å²) in [5, 5.41) is 10.6. The molecular weight excluding hydrogens is 208 g/mol. The molecule has 0 aliphatic heterocycles. The van der Waals surface area contributed by atoms with Gasteiger partial charge in [0.05, 0.1) is 25.1 Å². The Morgan fingerprint density at radius 1 is 1.31 bits per heavy atom. The van der Waals surface area contributed by atoms with Crippen LogP contribution in [0.4, 0.5) is 11.6 Å². The van der Waals surface area contributed by atoms with Gasteiger partial charge in [0, 0.05) is 12.7 Å². The molecule has 0 atom stereocenters. The van der Waals surface area contributed by atoms with E-state index in [-0.39, 0.29) is 0 Å². The zero-order valence-electron chi connectivity index (χ0n) is 8.54. The maximum atomic E-state index is 5.22. The highest BCUT2D eigenvalue weighted by molar-refractivity contribution is 5.40. The van der Waals surface area contributed by atoms with Gasteiger partial charge >= 0.3 is 0 Å². The van der Waals surface area contributed by atoms with E-state index >= 15 is 0 Å². The first-order valence-corrected chi connectivity index (χ1v) is 4.75. The molecule has 0 aliphatic carbocycles. The van der Waals surface area contributed by atoms with Crippen LogP contribution in [-0.4, -0.2) is 31.5 Å². The van der Waals surface area contributed by atoms with Crippen molar-refractivity contribution >= 4 is 11.6 Å². The molecule has 0 bridgehead atoms. The minimum absolute atomic E-state index is 0.519. The zero-order chi connectivity index (χ0) is 11.2. The van der Waals surface area contributed by atoms with Gasteiger partial charge in [-0.3, -0.25) is 9.67 Å². The van der Waals surface area contributed by atoms with Gasteiger partial charge in [-0.15, -0.1) is 5.10 Å². The van der Waals surface area contributed by atoms with Gasteiger partial charge in [-0.05, 0) is 0 Å². The number of anilines is 2. The molecule has 0 aromatic carbocycles. The van der Waals surface area contributed by atoms with E-state index in [1.807, 2.05) is 0 Å². The molecule has 0 amide bonds. The highest BCUT2D eigenvalue weighted by atomic mass is 15.4. The fourth-order valence-corrected chi connectivity index (χ4v) is 1.17. The summed E-state index contributed by atoms with van der Waals surface area (Å²) in [6.45, 7) is 1.40. The number of hydrogen-bond donors (Lipinski definition) is 3. The molecule has 0 radical (unpaired) electrons. The Kier molecular flexibility index (Phi) is 3.24. The van der Waals surface area contributed by atoms with E-state index in [1.54, 1.807) is 29.5 Å². The number of nitrogen functional groups attached to an aromatic ring is 1. The molecule has 2 aromatic rings. The number of nitrogens with one attached hydrogen (secondary N) is 2. The number of rotatable bonds is 5. The fourth-order valence-electron chi connectivity index (χ4n) is 1.17. The average Bonchev–Trinajstić information content (AvgIpc) is 2.82. The topological polar surface area (TPSA) is 107 Å². The van der Waals surface area contributed by atoms with Crippen LogP contribution in [0.15, 0.2) is 24.8 Å². The molecule has 2 rings (SSSR count). The first-order valence-electron chi connectivity index (χ1n) is 4.75. The van der Waals surface area contributed by atoms with Gasteiger partial charge in [0.25, 0.3) is 0 Å². The molecule has 0 saturated carbocycles. The summed E-state index contributed by atoms with van der Waals surface area (Å²) in [7, 11) is 0. The lowest BCUT2D eigenvalue weighted by Crippen LogP contribution is -2.14. The Morgan fingerprint density at radius 3 is 2.94 bits per heavy atom. The lowest BCUT2D eigenvalue weighted by atomic mass is 10.5. The van der Waals surface area contributed by atoms with E-state index in [0.29, 0.717) is 24.7 Å².